The second-order valence-corrected chi connectivity index (χ2v) is 9.52. The molecule has 2 fully saturated rings. The summed E-state index contributed by atoms with van der Waals surface area (Å²) >= 11 is 0. The number of carboxylic acids is 1. The van der Waals surface area contributed by atoms with Gasteiger partial charge in [0.25, 0.3) is 0 Å². The predicted octanol–water partition coefficient (Wildman–Crippen LogP) is 3.91. The lowest BCUT2D eigenvalue weighted by molar-refractivity contribution is 0.0127. The molecule has 4 rings (SSSR count). The van der Waals surface area contributed by atoms with Crippen molar-refractivity contribution < 1.29 is 24.2 Å². The summed E-state index contributed by atoms with van der Waals surface area (Å²) < 4.78 is 5.48. The van der Waals surface area contributed by atoms with Crippen LogP contribution in [0.2, 0.25) is 0 Å². The molecule has 33 heavy (non-hydrogen) atoms. The third-order valence-corrected chi connectivity index (χ3v) is 5.87. The standard InChI is InChI=1S/C25H29N3O5/c1-25(2,3)33-24(32)26-12-13-28-21(15-26)16-27(23(28)31)14-17-4-6-18(7-5-17)19-8-10-20(11-9-19)22(29)30/h4-11,21H,12-16H2,1-3H3,(H,29,30)/t21-/m0/s1. The van der Waals surface area contributed by atoms with Gasteiger partial charge in [0.1, 0.15) is 5.60 Å². The highest BCUT2D eigenvalue weighted by atomic mass is 16.6. The van der Waals surface area contributed by atoms with Crippen LogP contribution in [0.25, 0.3) is 11.1 Å². The van der Waals surface area contributed by atoms with Crippen LogP contribution in [-0.2, 0) is 11.3 Å². The molecule has 2 aliphatic rings. The zero-order valence-corrected chi connectivity index (χ0v) is 19.2. The number of carbonyl (C=O) groups excluding carboxylic acids is 2. The molecule has 2 aliphatic heterocycles. The first-order valence-electron chi connectivity index (χ1n) is 11.1. The number of fused-ring (bicyclic) bond motifs is 1. The van der Waals surface area contributed by atoms with E-state index in [1.54, 1.807) is 29.2 Å². The number of hydrogen-bond acceptors (Lipinski definition) is 4. The quantitative estimate of drug-likeness (QED) is 0.761. The van der Waals surface area contributed by atoms with E-state index < -0.39 is 11.6 Å². The van der Waals surface area contributed by atoms with Gasteiger partial charge in [-0.25, -0.2) is 14.4 Å². The van der Waals surface area contributed by atoms with Gasteiger partial charge >= 0.3 is 18.1 Å². The number of urea groups is 1. The fourth-order valence-electron chi connectivity index (χ4n) is 4.23. The molecule has 0 aliphatic carbocycles. The summed E-state index contributed by atoms with van der Waals surface area (Å²) in [5, 5.41) is 9.04. The largest absolute Gasteiger partial charge is 0.478 e. The highest BCUT2D eigenvalue weighted by molar-refractivity contribution is 5.88. The van der Waals surface area contributed by atoms with Gasteiger partial charge < -0.3 is 24.5 Å². The van der Waals surface area contributed by atoms with Gasteiger partial charge in [0.05, 0.1) is 11.6 Å². The Hall–Kier alpha value is -3.55. The number of rotatable bonds is 4. The van der Waals surface area contributed by atoms with Crippen molar-refractivity contribution in [3.05, 3.63) is 59.7 Å². The van der Waals surface area contributed by atoms with Crippen LogP contribution in [-0.4, -0.2) is 75.7 Å². The summed E-state index contributed by atoms with van der Waals surface area (Å²) in [5.41, 5.74) is 2.63. The molecule has 2 heterocycles. The molecule has 2 saturated heterocycles. The molecule has 8 nitrogen and oxygen atoms in total. The fraction of sp³-hybridized carbons (Fsp3) is 0.400. The Bertz CT molecular complexity index is 1040. The van der Waals surface area contributed by atoms with E-state index in [1.807, 2.05) is 54.8 Å². The monoisotopic (exact) mass is 451 g/mol. The van der Waals surface area contributed by atoms with E-state index in [-0.39, 0.29) is 23.7 Å². The predicted molar refractivity (Wildman–Crippen MR) is 123 cm³/mol. The normalized spacial score (nSPS) is 18.3. The Morgan fingerprint density at radius 3 is 2.15 bits per heavy atom. The van der Waals surface area contributed by atoms with Crippen LogP contribution < -0.4 is 0 Å². The summed E-state index contributed by atoms with van der Waals surface area (Å²) in [7, 11) is 0. The van der Waals surface area contributed by atoms with Crippen LogP contribution in [0.5, 0.6) is 0 Å². The summed E-state index contributed by atoms with van der Waals surface area (Å²) in [5.74, 6) is -0.947. The molecular weight excluding hydrogens is 422 g/mol. The lowest BCUT2D eigenvalue weighted by atomic mass is 10.0. The SMILES string of the molecule is CC(C)(C)OC(=O)N1CCN2C(=O)N(Cc3ccc(-c4ccc(C(=O)O)cc4)cc3)C[C@@H]2C1. The Balaban J connectivity index is 1.37. The maximum atomic E-state index is 12.9. The third kappa shape index (κ3) is 5.10. The van der Waals surface area contributed by atoms with Crippen molar-refractivity contribution in [3.63, 3.8) is 0 Å². The fourth-order valence-corrected chi connectivity index (χ4v) is 4.23. The zero-order valence-electron chi connectivity index (χ0n) is 19.2. The molecule has 0 bridgehead atoms. The molecule has 0 aromatic heterocycles. The van der Waals surface area contributed by atoms with Gasteiger partial charge in [0.2, 0.25) is 0 Å². The molecule has 3 amide bonds. The summed E-state index contributed by atoms with van der Waals surface area (Å²) in [6.07, 6.45) is -0.333. The average Bonchev–Trinajstić information content (AvgIpc) is 3.08. The van der Waals surface area contributed by atoms with E-state index in [4.69, 9.17) is 9.84 Å². The maximum Gasteiger partial charge on any atom is 0.410 e. The van der Waals surface area contributed by atoms with Crippen LogP contribution in [0, 0.1) is 0 Å². The molecular formula is C25H29N3O5. The van der Waals surface area contributed by atoms with E-state index >= 15 is 0 Å². The Morgan fingerprint density at radius 1 is 0.970 bits per heavy atom. The summed E-state index contributed by atoms with van der Waals surface area (Å²) in [6, 6.07) is 14.6. The number of aromatic carboxylic acids is 1. The van der Waals surface area contributed by atoms with E-state index in [0.29, 0.717) is 32.7 Å². The first-order valence-corrected chi connectivity index (χ1v) is 11.1. The van der Waals surface area contributed by atoms with Crippen LogP contribution in [0.15, 0.2) is 48.5 Å². The molecule has 0 radical (unpaired) electrons. The van der Waals surface area contributed by atoms with Crippen molar-refractivity contribution in [2.75, 3.05) is 26.2 Å². The van der Waals surface area contributed by atoms with Gasteiger partial charge in [0, 0.05) is 32.7 Å². The molecule has 2 aromatic carbocycles. The zero-order chi connectivity index (χ0) is 23.8. The summed E-state index contributed by atoms with van der Waals surface area (Å²) in [6.45, 7) is 8.05. The van der Waals surface area contributed by atoms with Gasteiger partial charge in [0.15, 0.2) is 0 Å². The van der Waals surface area contributed by atoms with E-state index in [1.165, 1.54) is 0 Å². The lowest BCUT2D eigenvalue weighted by Gasteiger charge is -2.37. The summed E-state index contributed by atoms with van der Waals surface area (Å²) in [4.78, 5) is 41.7. The smallest absolute Gasteiger partial charge is 0.410 e. The van der Waals surface area contributed by atoms with Gasteiger partial charge in [-0.05, 0) is 49.6 Å². The van der Waals surface area contributed by atoms with Crippen molar-refractivity contribution in [1.82, 2.24) is 14.7 Å². The molecule has 0 saturated carbocycles. The molecule has 8 heteroatoms. The van der Waals surface area contributed by atoms with E-state index in [2.05, 4.69) is 0 Å². The second kappa shape index (κ2) is 8.77. The molecule has 0 spiro atoms. The number of carbonyl (C=O) groups is 3. The topological polar surface area (TPSA) is 90.4 Å². The maximum absolute atomic E-state index is 12.9. The van der Waals surface area contributed by atoms with Gasteiger partial charge in [-0.1, -0.05) is 36.4 Å². The highest BCUT2D eigenvalue weighted by Gasteiger charge is 2.42. The molecule has 1 atom stereocenters. The van der Waals surface area contributed by atoms with Gasteiger partial charge in [-0.2, -0.15) is 0 Å². The molecule has 0 unspecified atom stereocenters. The number of carboxylic acid groups (broad SMARTS) is 1. The van der Waals surface area contributed by atoms with Gasteiger partial charge in [-0.15, -0.1) is 0 Å². The number of hydrogen-bond donors (Lipinski definition) is 1. The number of amides is 3. The first-order chi connectivity index (χ1) is 15.6. The molecule has 2 aromatic rings. The average molecular weight is 452 g/mol. The lowest BCUT2D eigenvalue weighted by Crippen LogP contribution is -2.54. The number of piperazine rings is 1. The number of benzene rings is 2. The Kier molecular flexibility index (Phi) is 6.01. The minimum absolute atomic E-state index is 0.00262. The number of nitrogens with zero attached hydrogens (tertiary/aromatic N) is 3. The third-order valence-electron chi connectivity index (χ3n) is 5.87. The van der Waals surface area contributed by atoms with Crippen LogP contribution in [0.1, 0.15) is 36.7 Å². The minimum Gasteiger partial charge on any atom is -0.478 e. The van der Waals surface area contributed by atoms with Crippen molar-refractivity contribution >= 4 is 18.1 Å². The Labute approximate surface area is 193 Å². The first kappa shape index (κ1) is 22.6. The van der Waals surface area contributed by atoms with E-state index in [9.17, 15) is 14.4 Å². The molecule has 1 N–H and O–H groups in total. The second-order valence-electron chi connectivity index (χ2n) is 9.52. The van der Waals surface area contributed by atoms with Crippen molar-refractivity contribution in [2.45, 2.75) is 39.0 Å². The van der Waals surface area contributed by atoms with Crippen LogP contribution >= 0.6 is 0 Å². The van der Waals surface area contributed by atoms with Crippen molar-refractivity contribution in [1.29, 1.82) is 0 Å². The minimum atomic E-state index is -0.947. The highest BCUT2D eigenvalue weighted by Crippen LogP contribution is 2.25. The van der Waals surface area contributed by atoms with Crippen LogP contribution in [0.4, 0.5) is 9.59 Å². The van der Waals surface area contributed by atoms with Crippen molar-refractivity contribution in [2.24, 2.45) is 0 Å². The number of ether oxygens (including phenoxy) is 1. The van der Waals surface area contributed by atoms with Crippen LogP contribution in [0.3, 0.4) is 0 Å². The van der Waals surface area contributed by atoms with Crippen molar-refractivity contribution in [3.8, 4) is 11.1 Å². The van der Waals surface area contributed by atoms with Gasteiger partial charge in [-0.3, -0.25) is 0 Å². The molecule has 174 valence electrons. The van der Waals surface area contributed by atoms with E-state index in [0.717, 1.165) is 16.7 Å². The Morgan fingerprint density at radius 2 is 1.58 bits per heavy atom.